The minimum Gasteiger partial charge on any atom is -0.345 e. The number of fused-ring (bicyclic) bond motifs is 1. The molecular weight excluding hydrogens is 323 g/mol. The van der Waals surface area contributed by atoms with Gasteiger partial charge in [0, 0.05) is 26.0 Å². The number of halogens is 2. The second kappa shape index (κ2) is 8.36. The number of imidazole rings is 1. The maximum Gasteiger partial charge on any atom is 0.228 e. The summed E-state index contributed by atoms with van der Waals surface area (Å²) in [5, 5.41) is 0. The minimum atomic E-state index is -0.0661. The first-order valence-corrected chi connectivity index (χ1v) is 6.78. The number of nitrogens with two attached hydrogens (primary N) is 1. The molecule has 0 atom stereocenters. The number of likely N-dealkylation sites (N-methyl/N-ethyl adjacent to an activating group) is 1. The molecule has 0 aromatic carbocycles. The molecule has 7 heteroatoms. The SMILES string of the molecule is CN(CC(C)(C)CN)C(=O)Cc1cn2ccccc2n1.Cl.Cl. The third kappa shape index (κ3) is 5.16. The summed E-state index contributed by atoms with van der Waals surface area (Å²) in [5.74, 6) is 0.0648. The lowest BCUT2D eigenvalue weighted by Gasteiger charge is -2.28. The smallest absolute Gasteiger partial charge is 0.228 e. The maximum absolute atomic E-state index is 12.2. The molecule has 0 bridgehead atoms. The third-order valence-electron chi connectivity index (χ3n) is 3.39. The zero-order chi connectivity index (χ0) is 14.8. The van der Waals surface area contributed by atoms with Crippen LogP contribution in [0.4, 0.5) is 0 Å². The summed E-state index contributed by atoms with van der Waals surface area (Å²) in [4.78, 5) is 18.4. The van der Waals surface area contributed by atoms with Crippen LogP contribution in [0.25, 0.3) is 5.65 Å². The molecule has 2 N–H and O–H groups in total. The van der Waals surface area contributed by atoms with Crippen LogP contribution in [0.1, 0.15) is 19.5 Å². The number of rotatable bonds is 5. The summed E-state index contributed by atoms with van der Waals surface area (Å²) < 4.78 is 1.92. The Morgan fingerprint density at radius 3 is 2.64 bits per heavy atom. The summed E-state index contributed by atoms with van der Waals surface area (Å²) >= 11 is 0. The van der Waals surface area contributed by atoms with Gasteiger partial charge in [0.2, 0.25) is 5.91 Å². The standard InChI is InChI=1S/C15H22N4O.2ClH/c1-15(2,10-16)11-18(3)14(20)8-12-9-19-7-5-4-6-13(19)17-12;;/h4-7,9H,8,10-11,16H2,1-3H3;2*1H. The van der Waals surface area contributed by atoms with Gasteiger partial charge in [0.15, 0.2) is 0 Å². The lowest BCUT2D eigenvalue weighted by atomic mass is 9.93. The van der Waals surface area contributed by atoms with Gasteiger partial charge in [-0.1, -0.05) is 19.9 Å². The number of carbonyl (C=O) groups is 1. The van der Waals surface area contributed by atoms with E-state index in [1.807, 2.05) is 42.0 Å². The van der Waals surface area contributed by atoms with E-state index in [0.717, 1.165) is 11.3 Å². The van der Waals surface area contributed by atoms with Crippen LogP contribution in [-0.2, 0) is 11.2 Å². The number of nitrogens with zero attached hydrogens (tertiary/aromatic N) is 3. The highest BCUT2D eigenvalue weighted by Crippen LogP contribution is 2.15. The van der Waals surface area contributed by atoms with Crippen molar-refractivity contribution in [3.05, 3.63) is 36.3 Å². The Kier molecular flexibility index (Phi) is 7.87. The van der Waals surface area contributed by atoms with Crippen molar-refractivity contribution in [2.24, 2.45) is 11.1 Å². The van der Waals surface area contributed by atoms with Crippen molar-refractivity contribution >= 4 is 36.4 Å². The highest BCUT2D eigenvalue weighted by molar-refractivity contribution is 5.85. The molecule has 2 aromatic rings. The van der Waals surface area contributed by atoms with Gasteiger partial charge in [0.1, 0.15) is 5.65 Å². The van der Waals surface area contributed by atoms with Crippen LogP contribution < -0.4 is 5.73 Å². The Morgan fingerprint density at radius 2 is 2.05 bits per heavy atom. The molecule has 5 nitrogen and oxygen atoms in total. The van der Waals surface area contributed by atoms with Crippen molar-refractivity contribution in [1.29, 1.82) is 0 Å². The van der Waals surface area contributed by atoms with E-state index in [2.05, 4.69) is 18.8 Å². The first-order chi connectivity index (χ1) is 9.41. The number of aromatic nitrogens is 2. The number of amides is 1. The zero-order valence-electron chi connectivity index (χ0n) is 13.2. The topological polar surface area (TPSA) is 63.6 Å². The zero-order valence-corrected chi connectivity index (χ0v) is 14.8. The van der Waals surface area contributed by atoms with E-state index >= 15 is 0 Å². The molecule has 2 rings (SSSR count). The average Bonchev–Trinajstić information content (AvgIpc) is 2.80. The quantitative estimate of drug-likeness (QED) is 0.902. The first-order valence-electron chi connectivity index (χ1n) is 6.78. The molecule has 0 aliphatic rings. The highest BCUT2D eigenvalue weighted by Gasteiger charge is 2.21. The van der Waals surface area contributed by atoms with Gasteiger partial charge in [0.05, 0.1) is 12.1 Å². The van der Waals surface area contributed by atoms with Gasteiger partial charge in [0.25, 0.3) is 0 Å². The predicted molar refractivity (Wildman–Crippen MR) is 93.9 cm³/mol. The lowest BCUT2D eigenvalue weighted by Crippen LogP contribution is -2.40. The van der Waals surface area contributed by atoms with E-state index in [1.165, 1.54) is 0 Å². The fourth-order valence-corrected chi connectivity index (χ4v) is 2.16. The lowest BCUT2D eigenvalue weighted by molar-refractivity contribution is -0.130. The Morgan fingerprint density at radius 1 is 1.36 bits per heavy atom. The molecular formula is C15H24Cl2N4O. The second-order valence-corrected chi connectivity index (χ2v) is 5.99. The fraction of sp³-hybridized carbons (Fsp3) is 0.467. The van der Waals surface area contributed by atoms with Gasteiger partial charge in [-0.25, -0.2) is 4.98 Å². The number of hydrogen-bond acceptors (Lipinski definition) is 3. The summed E-state index contributed by atoms with van der Waals surface area (Å²) in [7, 11) is 1.82. The Labute approximate surface area is 143 Å². The first kappa shape index (κ1) is 20.7. The van der Waals surface area contributed by atoms with Crippen LogP contribution in [0, 0.1) is 5.41 Å². The largest absolute Gasteiger partial charge is 0.345 e. The fourth-order valence-electron chi connectivity index (χ4n) is 2.16. The van der Waals surface area contributed by atoms with Gasteiger partial charge in [-0.05, 0) is 24.1 Å². The summed E-state index contributed by atoms with van der Waals surface area (Å²) in [6.45, 7) is 5.32. The van der Waals surface area contributed by atoms with E-state index in [1.54, 1.807) is 4.90 Å². The molecule has 0 aliphatic heterocycles. The van der Waals surface area contributed by atoms with Crippen LogP contribution in [-0.4, -0.2) is 40.3 Å². The molecule has 2 aromatic heterocycles. The van der Waals surface area contributed by atoms with Gasteiger partial charge < -0.3 is 15.0 Å². The average molecular weight is 347 g/mol. The molecule has 1 amide bonds. The van der Waals surface area contributed by atoms with E-state index in [9.17, 15) is 4.79 Å². The van der Waals surface area contributed by atoms with Gasteiger partial charge >= 0.3 is 0 Å². The number of carbonyl (C=O) groups excluding carboxylic acids is 1. The van der Waals surface area contributed by atoms with Crippen molar-refractivity contribution in [2.45, 2.75) is 20.3 Å². The Bertz CT molecular complexity index is 579. The molecule has 0 unspecified atom stereocenters. The third-order valence-corrected chi connectivity index (χ3v) is 3.39. The van der Waals surface area contributed by atoms with Crippen molar-refractivity contribution in [1.82, 2.24) is 14.3 Å². The van der Waals surface area contributed by atoms with Crippen LogP contribution in [0.15, 0.2) is 30.6 Å². The maximum atomic E-state index is 12.2. The van der Waals surface area contributed by atoms with E-state index < -0.39 is 0 Å². The van der Waals surface area contributed by atoms with Crippen LogP contribution in [0.2, 0.25) is 0 Å². The van der Waals surface area contributed by atoms with Gasteiger partial charge in [-0.3, -0.25) is 4.79 Å². The van der Waals surface area contributed by atoms with Crippen molar-refractivity contribution < 1.29 is 4.79 Å². The minimum absolute atomic E-state index is 0. The number of pyridine rings is 1. The van der Waals surface area contributed by atoms with Gasteiger partial charge in [-0.15, -0.1) is 24.8 Å². The molecule has 22 heavy (non-hydrogen) atoms. The monoisotopic (exact) mass is 346 g/mol. The van der Waals surface area contributed by atoms with E-state index in [4.69, 9.17) is 5.73 Å². The second-order valence-electron chi connectivity index (χ2n) is 5.99. The molecule has 0 fully saturated rings. The van der Waals surface area contributed by atoms with Crippen LogP contribution in [0.3, 0.4) is 0 Å². The molecule has 0 aliphatic carbocycles. The number of hydrogen-bond donors (Lipinski definition) is 1. The van der Waals surface area contributed by atoms with Crippen molar-refractivity contribution in [2.75, 3.05) is 20.1 Å². The van der Waals surface area contributed by atoms with Crippen LogP contribution in [0.5, 0.6) is 0 Å². The highest BCUT2D eigenvalue weighted by atomic mass is 35.5. The summed E-state index contributed by atoms with van der Waals surface area (Å²) in [6, 6.07) is 5.80. The van der Waals surface area contributed by atoms with Crippen LogP contribution >= 0.6 is 24.8 Å². The summed E-state index contributed by atoms with van der Waals surface area (Å²) in [6.07, 6.45) is 4.14. The summed E-state index contributed by atoms with van der Waals surface area (Å²) in [5.41, 5.74) is 7.29. The Hall–Kier alpha value is -1.30. The Balaban J connectivity index is 0.00000220. The van der Waals surface area contributed by atoms with E-state index in [0.29, 0.717) is 19.5 Å². The van der Waals surface area contributed by atoms with Crippen molar-refractivity contribution in [3.8, 4) is 0 Å². The van der Waals surface area contributed by atoms with Gasteiger partial charge in [-0.2, -0.15) is 0 Å². The van der Waals surface area contributed by atoms with E-state index in [-0.39, 0.29) is 36.1 Å². The molecule has 0 saturated heterocycles. The molecule has 124 valence electrons. The molecule has 0 saturated carbocycles. The van der Waals surface area contributed by atoms with Crippen molar-refractivity contribution in [3.63, 3.8) is 0 Å². The molecule has 0 radical (unpaired) electrons. The molecule has 2 heterocycles. The molecule has 0 spiro atoms. The predicted octanol–water partition coefficient (Wildman–Crippen LogP) is 2.16. The normalized spacial score (nSPS) is 10.7.